The van der Waals surface area contributed by atoms with E-state index in [9.17, 15) is 63.3 Å². The quantitative estimate of drug-likeness (QED) is 0.0362. The molecule has 24 nitrogen and oxygen atoms in total. The zero-order valence-electron chi connectivity index (χ0n) is 36.2. The third kappa shape index (κ3) is 18.2. The minimum Gasteiger partial charge on any atom is -0.481 e. The molecule has 1 heterocycles. The maximum absolute atomic E-state index is 13.8. The summed E-state index contributed by atoms with van der Waals surface area (Å²) in [5.41, 5.74) is 11.8. The number of nitrogens with zero attached hydrogens (tertiary/aromatic N) is 1. The number of carboxylic acids is 2. The highest BCUT2D eigenvalue weighted by atomic mass is 32.1. The third-order valence-electron chi connectivity index (χ3n) is 9.95. The van der Waals surface area contributed by atoms with Crippen LogP contribution in [0.5, 0.6) is 0 Å². The van der Waals surface area contributed by atoms with Crippen molar-refractivity contribution < 1.29 is 63.3 Å². The number of carbonyl (C=O) groups excluding carboxylic acids is 8. The maximum atomic E-state index is 13.8. The number of aliphatic hydroxyl groups excluding tert-OH is 1. The van der Waals surface area contributed by atoms with Crippen molar-refractivity contribution >= 4 is 71.8 Å². The van der Waals surface area contributed by atoms with Gasteiger partial charge in [-0.2, -0.15) is 12.6 Å². The number of benzene rings is 1. The van der Waals surface area contributed by atoms with E-state index in [0.717, 1.165) is 0 Å². The third-order valence-corrected chi connectivity index (χ3v) is 10.3. The lowest BCUT2D eigenvalue weighted by Crippen LogP contribution is -2.62. The number of amides is 8. The molecule has 0 fully saturated rings. The first-order valence-electron chi connectivity index (χ1n) is 20.5. The average Bonchev–Trinajstić information content (AvgIpc) is 3.77. The molecule has 0 radical (unpaired) electrons. The van der Waals surface area contributed by atoms with Gasteiger partial charge in [-0.05, 0) is 17.4 Å². The van der Waals surface area contributed by atoms with E-state index >= 15 is 0 Å². The van der Waals surface area contributed by atoms with Crippen LogP contribution in [0.1, 0.15) is 58.2 Å². The van der Waals surface area contributed by atoms with Gasteiger partial charge in [0.25, 0.3) is 0 Å². The SMILES string of the molecule is CC[C@H](C)[C@H](NC(=O)[C@H](Cc1ccccc1)NC(=O)[C@@H](NC(=O)[C@H](CC(=O)O)NC(=O)[C@H](CS)NC(=O)[C@H](CO)NC(=O)[C@H](Cc1cnc[nH]1)NC(=O)[C@@H](N)CC(N)=O)C(C)C)C(=O)O. The van der Waals surface area contributed by atoms with E-state index in [1.807, 2.05) is 0 Å². The normalized spacial score (nSPS) is 15.2. The fraction of sp³-hybridized carbons (Fsp3) is 0.525. The molecule has 8 amide bonds. The molecule has 2 rings (SSSR count). The number of aromatic nitrogens is 2. The number of thiol groups is 1. The lowest BCUT2D eigenvalue weighted by Gasteiger charge is -2.29. The predicted octanol–water partition coefficient (Wildman–Crippen LogP) is -4.03. The van der Waals surface area contributed by atoms with Crippen molar-refractivity contribution in [1.29, 1.82) is 0 Å². The Hall–Kier alpha value is -6.60. The molecule has 0 aliphatic carbocycles. The van der Waals surface area contributed by atoms with E-state index in [0.29, 0.717) is 17.7 Å². The number of aliphatic carboxylic acids is 2. The molecule has 9 atom stereocenters. The highest BCUT2D eigenvalue weighted by Gasteiger charge is 2.36. The molecular formula is C40H59N11O13S. The first-order valence-corrected chi connectivity index (χ1v) is 21.1. The van der Waals surface area contributed by atoms with Crippen LogP contribution in [0.15, 0.2) is 42.9 Å². The standard InChI is InChI=1S/C40H59N11O13S/c1-5-20(4)32(40(63)64)51-35(58)24(11-21-9-7-6-8-10-21)47-39(62)31(19(2)3)50-36(59)26(14-30(54)55)46-38(61)28(17-65)49-37(60)27(16-52)48-34(57)25(12-22-15-43-18-44-22)45-33(56)23(41)13-29(42)53/h6-10,15,18-20,23-28,31-32,52,65H,5,11-14,16-17,41H2,1-4H3,(H2,42,53)(H,43,44)(H,45,56)(H,46,61)(H,47,62)(H,48,57)(H,49,60)(H,50,59)(H,51,58)(H,54,55)(H,63,64)/t20-,23-,24-,25-,26-,27-,28-,31-,32-/m0/s1. The van der Waals surface area contributed by atoms with Gasteiger partial charge < -0.3 is 69.0 Å². The van der Waals surface area contributed by atoms with Crippen molar-refractivity contribution in [3.05, 3.63) is 54.1 Å². The first kappa shape index (κ1) is 54.5. The van der Waals surface area contributed by atoms with Crippen LogP contribution in [0, 0.1) is 11.8 Å². The molecule has 15 N–H and O–H groups in total. The molecule has 1 aromatic heterocycles. The van der Waals surface area contributed by atoms with Gasteiger partial charge in [-0.3, -0.25) is 43.2 Å². The number of nitrogens with one attached hydrogen (secondary N) is 8. The number of hydrogen-bond acceptors (Lipinski definition) is 14. The molecule has 1 aromatic carbocycles. The molecule has 0 aliphatic heterocycles. The van der Waals surface area contributed by atoms with Crippen molar-refractivity contribution in [2.75, 3.05) is 12.4 Å². The van der Waals surface area contributed by atoms with Crippen LogP contribution in [-0.4, -0.2) is 145 Å². The number of nitrogens with two attached hydrogens (primary N) is 2. The van der Waals surface area contributed by atoms with Crippen LogP contribution in [0.4, 0.5) is 0 Å². The average molecular weight is 934 g/mol. The number of carbonyl (C=O) groups is 10. The second-order valence-electron chi connectivity index (χ2n) is 15.5. The van der Waals surface area contributed by atoms with E-state index in [1.54, 1.807) is 58.0 Å². The summed E-state index contributed by atoms with van der Waals surface area (Å²) < 4.78 is 0. The Morgan fingerprint density at radius 3 is 1.71 bits per heavy atom. The summed E-state index contributed by atoms with van der Waals surface area (Å²) in [7, 11) is 0. The second-order valence-corrected chi connectivity index (χ2v) is 15.8. The van der Waals surface area contributed by atoms with Crippen molar-refractivity contribution in [2.24, 2.45) is 23.3 Å². The number of aromatic amines is 1. The lowest BCUT2D eigenvalue weighted by molar-refractivity contribution is -0.144. The fourth-order valence-corrected chi connectivity index (χ4v) is 6.31. The lowest BCUT2D eigenvalue weighted by atomic mass is 9.97. The summed E-state index contributed by atoms with van der Waals surface area (Å²) in [5.74, 6) is -12.4. The van der Waals surface area contributed by atoms with Gasteiger partial charge in [-0.15, -0.1) is 0 Å². The molecule has 0 spiro atoms. The second kappa shape index (κ2) is 26.9. The zero-order chi connectivity index (χ0) is 49.0. The summed E-state index contributed by atoms with van der Waals surface area (Å²) in [4.78, 5) is 136. The van der Waals surface area contributed by atoms with Crippen LogP contribution in [0.2, 0.25) is 0 Å². The summed E-state index contributed by atoms with van der Waals surface area (Å²) in [6.45, 7) is 5.44. The summed E-state index contributed by atoms with van der Waals surface area (Å²) in [5, 5.41) is 46.0. The maximum Gasteiger partial charge on any atom is 0.326 e. The number of carboxylic acid groups (broad SMARTS) is 2. The molecule has 25 heteroatoms. The van der Waals surface area contributed by atoms with E-state index in [2.05, 4.69) is 59.8 Å². The number of aliphatic hydroxyl groups is 1. The number of hydrogen-bond donors (Lipinski definition) is 14. The highest BCUT2D eigenvalue weighted by Crippen LogP contribution is 2.12. The van der Waals surface area contributed by atoms with Crippen LogP contribution in [-0.2, 0) is 60.8 Å². The van der Waals surface area contributed by atoms with Gasteiger partial charge in [-0.25, -0.2) is 9.78 Å². The van der Waals surface area contributed by atoms with E-state index in [-0.39, 0.29) is 12.8 Å². The summed E-state index contributed by atoms with van der Waals surface area (Å²) in [6, 6.07) is -3.62. The molecule has 0 saturated heterocycles. The van der Waals surface area contributed by atoms with Gasteiger partial charge >= 0.3 is 11.9 Å². The molecule has 0 unspecified atom stereocenters. The van der Waals surface area contributed by atoms with Crippen molar-refractivity contribution in [2.45, 2.75) is 108 Å². The van der Waals surface area contributed by atoms with Gasteiger partial charge in [-0.1, -0.05) is 64.4 Å². The van der Waals surface area contributed by atoms with Crippen molar-refractivity contribution in [1.82, 2.24) is 47.2 Å². The molecule has 2 aromatic rings. The van der Waals surface area contributed by atoms with Gasteiger partial charge in [0, 0.05) is 30.5 Å². The Morgan fingerprint density at radius 2 is 1.18 bits per heavy atom. The van der Waals surface area contributed by atoms with Gasteiger partial charge in [0.2, 0.25) is 47.3 Å². The molecule has 358 valence electrons. The number of primary amides is 1. The van der Waals surface area contributed by atoms with Crippen LogP contribution in [0.25, 0.3) is 0 Å². The Bertz CT molecular complexity index is 1970. The Morgan fingerprint density at radius 1 is 0.677 bits per heavy atom. The van der Waals surface area contributed by atoms with Gasteiger partial charge in [0.15, 0.2) is 0 Å². The van der Waals surface area contributed by atoms with E-state index in [4.69, 9.17) is 11.5 Å². The molecule has 65 heavy (non-hydrogen) atoms. The minimum absolute atomic E-state index is 0.0746. The fourth-order valence-electron chi connectivity index (χ4n) is 6.05. The molecule has 0 bridgehead atoms. The Balaban J connectivity index is 2.26. The Kier molecular flexibility index (Phi) is 22.6. The summed E-state index contributed by atoms with van der Waals surface area (Å²) >= 11 is 4.08. The van der Waals surface area contributed by atoms with Gasteiger partial charge in [0.1, 0.15) is 42.3 Å². The number of imidazole rings is 1. The molecule has 0 saturated carbocycles. The van der Waals surface area contributed by atoms with Crippen molar-refractivity contribution in [3.8, 4) is 0 Å². The summed E-state index contributed by atoms with van der Waals surface area (Å²) in [6.07, 6.45) is 1.20. The number of rotatable bonds is 28. The van der Waals surface area contributed by atoms with E-state index in [1.165, 1.54) is 12.5 Å². The number of H-pyrrole nitrogens is 1. The minimum atomic E-state index is -1.86. The van der Waals surface area contributed by atoms with Crippen molar-refractivity contribution in [3.63, 3.8) is 0 Å². The van der Waals surface area contributed by atoms with Gasteiger partial charge in [0.05, 0.1) is 31.8 Å². The van der Waals surface area contributed by atoms with E-state index < -0.39 is 145 Å². The molecule has 0 aliphatic rings. The largest absolute Gasteiger partial charge is 0.481 e. The monoisotopic (exact) mass is 933 g/mol. The van der Waals surface area contributed by atoms with Crippen LogP contribution < -0.4 is 48.7 Å². The topological polar surface area (TPSA) is 396 Å². The van der Waals surface area contributed by atoms with Crippen LogP contribution >= 0.6 is 12.6 Å². The zero-order valence-corrected chi connectivity index (χ0v) is 37.1. The predicted molar refractivity (Wildman–Crippen MR) is 233 cm³/mol. The van der Waals surface area contributed by atoms with Crippen LogP contribution in [0.3, 0.4) is 0 Å². The first-order chi connectivity index (χ1) is 30.6. The smallest absolute Gasteiger partial charge is 0.326 e. The Labute approximate surface area is 379 Å². The molecular weight excluding hydrogens is 875 g/mol. The highest BCUT2D eigenvalue weighted by molar-refractivity contribution is 7.80.